The minimum atomic E-state index is -4.18. The molecule has 0 fully saturated rings. The third-order valence-electron chi connectivity index (χ3n) is 0.786. The van der Waals surface area contributed by atoms with E-state index in [1.165, 1.54) is 0 Å². The van der Waals surface area contributed by atoms with Crippen LogP contribution in [0.4, 0.5) is 0 Å². The largest absolute Gasteiger partial charge is 0.811 e. The lowest BCUT2D eigenvalue weighted by atomic mass is 10.4. The molecular formula is C4H9O3P-2. The second-order valence-electron chi connectivity index (χ2n) is 1.69. The van der Waals surface area contributed by atoms with Gasteiger partial charge >= 0.3 is 0 Å². The van der Waals surface area contributed by atoms with Gasteiger partial charge in [-0.2, -0.15) is 0 Å². The second-order valence-corrected chi connectivity index (χ2v) is 3.36. The van der Waals surface area contributed by atoms with E-state index in [1.807, 2.05) is 6.92 Å². The van der Waals surface area contributed by atoms with E-state index in [0.29, 0.717) is 6.42 Å². The number of rotatable bonds is 3. The molecule has 0 atom stereocenters. The topological polar surface area (TPSA) is 63.2 Å². The van der Waals surface area contributed by atoms with E-state index in [4.69, 9.17) is 0 Å². The van der Waals surface area contributed by atoms with Crippen molar-refractivity contribution in [3.05, 3.63) is 0 Å². The standard InChI is InChI=1S/C4H11O3P/c1-2-3-4-8(5,6)7/h2-4H2,1H3,(H2,5,6,7)/p-2. The molecule has 0 aliphatic rings. The normalized spacial score (nSPS) is 11.9. The van der Waals surface area contributed by atoms with Crippen LogP contribution >= 0.6 is 7.60 Å². The monoisotopic (exact) mass is 136 g/mol. The quantitative estimate of drug-likeness (QED) is 0.500. The summed E-state index contributed by atoms with van der Waals surface area (Å²) >= 11 is 0. The Balaban J connectivity index is 3.26. The Morgan fingerprint density at radius 1 is 1.50 bits per heavy atom. The molecule has 0 saturated heterocycles. The van der Waals surface area contributed by atoms with E-state index in [0.717, 1.165) is 6.42 Å². The minimum absolute atomic E-state index is 0.191. The van der Waals surface area contributed by atoms with Crippen LogP contribution in [0.5, 0.6) is 0 Å². The third kappa shape index (κ3) is 6.15. The molecule has 0 rings (SSSR count). The van der Waals surface area contributed by atoms with Crippen LogP contribution in [0.2, 0.25) is 0 Å². The molecule has 0 saturated carbocycles. The van der Waals surface area contributed by atoms with E-state index >= 15 is 0 Å². The molecule has 0 radical (unpaired) electrons. The number of hydrogen-bond acceptors (Lipinski definition) is 3. The highest BCUT2D eigenvalue weighted by Gasteiger charge is 1.86. The Labute approximate surface area is 48.9 Å². The van der Waals surface area contributed by atoms with Gasteiger partial charge in [0.1, 0.15) is 0 Å². The highest BCUT2D eigenvalue weighted by atomic mass is 31.2. The third-order valence-corrected chi connectivity index (χ3v) is 1.65. The summed E-state index contributed by atoms with van der Waals surface area (Å²) in [5, 5.41) is 0. The van der Waals surface area contributed by atoms with Crippen molar-refractivity contribution in [2.24, 2.45) is 0 Å². The zero-order valence-electron chi connectivity index (χ0n) is 4.79. The van der Waals surface area contributed by atoms with Crippen molar-refractivity contribution in [2.75, 3.05) is 6.16 Å². The SMILES string of the molecule is CCCCP(=O)([O-])[O-]. The molecule has 0 aromatic rings. The molecule has 0 unspecified atom stereocenters. The first-order valence-corrected chi connectivity index (χ1v) is 4.30. The van der Waals surface area contributed by atoms with Gasteiger partial charge in [-0.3, -0.25) is 0 Å². The maximum atomic E-state index is 9.86. The summed E-state index contributed by atoms with van der Waals surface area (Å²) in [7, 11) is -4.18. The van der Waals surface area contributed by atoms with Gasteiger partial charge in [0.05, 0.1) is 0 Å². The summed E-state index contributed by atoms with van der Waals surface area (Å²) in [6, 6.07) is 0. The molecule has 0 aliphatic heterocycles. The average molecular weight is 136 g/mol. The fourth-order valence-electron chi connectivity index (χ4n) is 0.352. The van der Waals surface area contributed by atoms with E-state index < -0.39 is 7.60 Å². The van der Waals surface area contributed by atoms with Crippen LogP contribution in [0.1, 0.15) is 19.8 Å². The molecule has 0 bridgehead atoms. The number of unbranched alkanes of at least 4 members (excludes halogenated alkanes) is 1. The van der Waals surface area contributed by atoms with Crippen LogP contribution in [-0.4, -0.2) is 6.16 Å². The van der Waals surface area contributed by atoms with E-state index in [-0.39, 0.29) is 6.16 Å². The molecule has 0 spiro atoms. The van der Waals surface area contributed by atoms with Gasteiger partial charge in [-0.1, -0.05) is 20.9 Å². The summed E-state index contributed by atoms with van der Waals surface area (Å²) in [6.07, 6.45) is 1.06. The van der Waals surface area contributed by atoms with Crippen molar-refractivity contribution in [2.45, 2.75) is 19.8 Å². The first kappa shape index (κ1) is 8.15. The van der Waals surface area contributed by atoms with Crippen LogP contribution in [0, 0.1) is 0 Å². The van der Waals surface area contributed by atoms with E-state index in [9.17, 15) is 14.4 Å². The minimum Gasteiger partial charge on any atom is -0.811 e. The summed E-state index contributed by atoms with van der Waals surface area (Å²) in [5.41, 5.74) is 0. The lowest BCUT2D eigenvalue weighted by molar-refractivity contribution is -0.313. The fourth-order valence-corrected chi connectivity index (χ4v) is 1.06. The van der Waals surface area contributed by atoms with E-state index in [1.54, 1.807) is 0 Å². The Morgan fingerprint density at radius 2 is 2.00 bits per heavy atom. The molecule has 8 heavy (non-hydrogen) atoms. The van der Waals surface area contributed by atoms with Crippen molar-refractivity contribution in [3.63, 3.8) is 0 Å². The van der Waals surface area contributed by atoms with Crippen LogP contribution < -0.4 is 9.79 Å². The van der Waals surface area contributed by atoms with Crippen molar-refractivity contribution in [1.82, 2.24) is 0 Å². The zero-order chi connectivity index (χ0) is 6.62. The van der Waals surface area contributed by atoms with Crippen molar-refractivity contribution < 1.29 is 14.4 Å². The maximum absolute atomic E-state index is 9.86. The second kappa shape index (κ2) is 3.23. The predicted molar refractivity (Wildman–Crippen MR) is 27.4 cm³/mol. The molecule has 50 valence electrons. The highest BCUT2D eigenvalue weighted by molar-refractivity contribution is 7.48. The lowest BCUT2D eigenvalue weighted by Crippen LogP contribution is -2.16. The van der Waals surface area contributed by atoms with E-state index in [2.05, 4.69) is 0 Å². The maximum Gasteiger partial charge on any atom is -0.0250 e. The first-order valence-electron chi connectivity index (χ1n) is 2.57. The van der Waals surface area contributed by atoms with Gasteiger partial charge in [-0.25, -0.2) is 0 Å². The van der Waals surface area contributed by atoms with Gasteiger partial charge in [0, 0.05) is 0 Å². The predicted octanol–water partition coefficient (Wildman–Crippen LogP) is -0.300. The molecule has 4 heteroatoms. The zero-order valence-corrected chi connectivity index (χ0v) is 5.69. The number of hydrogen-bond donors (Lipinski definition) is 0. The Morgan fingerprint density at radius 3 is 2.12 bits per heavy atom. The molecule has 0 aromatic heterocycles. The van der Waals surface area contributed by atoms with Crippen LogP contribution in [0.3, 0.4) is 0 Å². The molecule has 0 N–H and O–H groups in total. The van der Waals surface area contributed by atoms with Crippen LogP contribution in [0.25, 0.3) is 0 Å². The smallest absolute Gasteiger partial charge is 0.0250 e. The van der Waals surface area contributed by atoms with Gasteiger partial charge in [-0.15, -0.1) is 0 Å². The summed E-state index contributed by atoms with van der Waals surface area (Å²) in [5.74, 6) is 0. The molecule has 0 amide bonds. The Bertz CT molecular complexity index is 95.5. The summed E-state index contributed by atoms with van der Waals surface area (Å²) in [6.45, 7) is 1.84. The molecule has 0 heterocycles. The van der Waals surface area contributed by atoms with Crippen LogP contribution in [-0.2, 0) is 4.57 Å². The lowest BCUT2D eigenvalue weighted by Gasteiger charge is -2.28. The van der Waals surface area contributed by atoms with Gasteiger partial charge in [-0.05, 0) is 12.6 Å². The van der Waals surface area contributed by atoms with Gasteiger partial charge in [0.2, 0.25) is 0 Å². The average Bonchev–Trinajstić information content (AvgIpc) is 1.59. The van der Waals surface area contributed by atoms with Crippen LogP contribution in [0.15, 0.2) is 0 Å². The van der Waals surface area contributed by atoms with Crippen molar-refractivity contribution in [3.8, 4) is 0 Å². The Hall–Kier alpha value is 0.150. The summed E-state index contributed by atoms with van der Waals surface area (Å²) < 4.78 is 9.86. The van der Waals surface area contributed by atoms with Gasteiger partial charge in [0.15, 0.2) is 0 Å². The molecule has 0 aromatic carbocycles. The van der Waals surface area contributed by atoms with Crippen molar-refractivity contribution in [1.29, 1.82) is 0 Å². The Kier molecular flexibility index (Phi) is 3.29. The van der Waals surface area contributed by atoms with Crippen molar-refractivity contribution >= 4 is 7.60 Å². The molecule has 3 nitrogen and oxygen atoms in total. The van der Waals surface area contributed by atoms with Gasteiger partial charge in [0.25, 0.3) is 0 Å². The van der Waals surface area contributed by atoms with Gasteiger partial charge < -0.3 is 14.4 Å². The molecular weight excluding hydrogens is 127 g/mol. The first-order chi connectivity index (χ1) is 3.56. The highest BCUT2D eigenvalue weighted by Crippen LogP contribution is 2.23. The molecule has 0 aliphatic carbocycles. The fraction of sp³-hybridized carbons (Fsp3) is 1.00. The summed E-state index contributed by atoms with van der Waals surface area (Å²) in [4.78, 5) is 19.7.